The first-order valence-electron chi connectivity index (χ1n) is 9.68. The van der Waals surface area contributed by atoms with Crippen LogP contribution in [0.4, 0.5) is 23.0 Å². The number of pyridine rings is 1. The summed E-state index contributed by atoms with van der Waals surface area (Å²) in [7, 11) is 0. The number of nitrogens with zero attached hydrogens (tertiary/aromatic N) is 4. The van der Waals surface area contributed by atoms with Gasteiger partial charge in [0.2, 0.25) is 0 Å². The van der Waals surface area contributed by atoms with Crippen LogP contribution in [0.15, 0.2) is 30.6 Å². The van der Waals surface area contributed by atoms with Gasteiger partial charge in [0.15, 0.2) is 5.82 Å². The maximum atomic E-state index is 9.67. The Morgan fingerprint density at radius 2 is 2.18 bits per heavy atom. The number of aliphatic hydroxyl groups excluding tert-OH is 2. The number of aromatic nitrogens is 3. The molecular weight excluding hydrogens is 356 g/mol. The summed E-state index contributed by atoms with van der Waals surface area (Å²) in [5.41, 5.74) is 2.98. The van der Waals surface area contributed by atoms with Gasteiger partial charge in [-0.15, -0.1) is 0 Å². The monoisotopic (exact) mass is 382 g/mol. The van der Waals surface area contributed by atoms with Crippen LogP contribution in [-0.2, 0) is 0 Å². The lowest BCUT2D eigenvalue weighted by atomic mass is 9.97. The van der Waals surface area contributed by atoms with Crippen molar-refractivity contribution in [2.75, 3.05) is 22.1 Å². The first-order valence-corrected chi connectivity index (χ1v) is 9.68. The highest BCUT2D eigenvalue weighted by molar-refractivity contribution is 5.79. The number of aliphatic hydroxyl groups is 2. The number of hydrogen-bond acceptors (Lipinski definition) is 8. The number of rotatable bonds is 5. The molecule has 148 valence electrons. The fourth-order valence-corrected chi connectivity index (χ4v) is 3.76. The van der Waals surface area contributed by atoms with Crippen molar-refractivity contribution in [3.05, 3.63) is 36.4 Å². The highest BCUT2D eigenvalue weighted by atomic mass is 16.3. The van der Waals surface area contributed by atoms with E-state index in [0.717, 1.165) is 29.8 Å². The number of hydrogen-bond donors (Lipinski definition) is 4. The van der Waals surface area contributed by atoms with Crippen LogP contribution in [0.25, 0.3) is 5.57 Å². The normalized spacial score (nSPS) is 21.3. The second-order valence-corrected chi connectivity index (χ2v) is 7.48. The Hall–Kier alpha value is -2.71. The minimum Gasteiger partial charge on any atom is -0.393 e. The van der Waals surface area contributed by atoms with E-state index in [1.807, 2.05) is 18.2 Å². The van der Waals surface area contributed by atoms with Gasteiger partial charge in [-0.1, -0.05) is 6.08 Å². The molecule has 8 heteroatoms. The van der Waals surface area contributed by atoms with Gasteiger partial charge in [0.25, 0.3) is 0 Å². The van der Waals surface area contributed by atoms with Crippen LogP contribution in [-0.4, -0.2) is 50.1 Å². The third kappa shape index (κ3) is 3.65. The maximum Gasteiger partial charge on any atom is 0.157 e. The van der Waals surface area contributed by atoms with Crippen LogP contribution in [0.3, 0.4) is 0 Å². The summed E-state index contributed by atoms with van der Waals surface area (Å²) in [6, 6.07) is 4.02. The lowest BCUT2D eigenvalue weighted by Gasteiger charge is -2.29. The van der Waals surface area contributed by atoms with Crippen LogP contribution < -0.4 is 15.5 Å². The van der Waals surface area contributed by atoms with Crippen molar-refractivity contribution in [2.24, 2.45) is 0 Å². The summed E-state index contributed by atoms with van der Waals surface area (Å²) in [6.07, 6.45) is 7.27. The Bertz CT molecular complexity index is 885. The van der Waals surface area contributed by atoms with Crippen molar-refractivity contribution in [3.63, 3.8) is 0 Å². The van der Waals surface area contributed by atoms with Crippen LogP contribution in [0, 0.1) is 0 Å². The van der Waals surface area contributed by atoms with E-state index >= 15 is 0 Å². The highest BCUT2D eigenvalue weighted by Gasteiger charge is 2.30. The number of anilines is 4. The molecule has 2 aromatic heterocycles. The molecule has 0 radical (unpaired) electrons. The van der Waals surface area contributed by atoms with Crippen molar-refractivity contribution in [2.45, 2.75) is 51.4 Å². The fourth-order valence-electron chi connectivity index (χ4n) is 3.76. The molecule has 1 aliphatic heterocycles. The predicted molar refractivity (Wildman–Crippen MR) is 109 cm³/mol. The Morgan fingerprint density at radius 1 is 1.32 bits per heavy atom. The summed E-state index contributed by atoms with van der Waals surface area (Å²) in [5, 5.41) is 25.9. The molecule has 0 bridgehead atoms. The number of allylic oxidation sites excluding steroid dienone is 1. The van der Waals surface area contributed by atoms with E-state index in [2.05, 4.69) is 44.3 Å². The SMILES string of the molecule is CC(C)N1c2cc(Nc3ccnc(C4=CCC(O)CC4)n3)ncc2NC1CO. The summed E-state index contributed by atoms with van der Waals surface area (Å²) in [5.74, 6) is 2.04. The second kappa shape index (κ2) is 7.73. The molecule has 2 aliphatic rings. The van der Waals surface area contributed by atoms with Gasteiger partial charge in [-0.3, -0.25) is 0 Å². The van der Waals surface area contributed by atoms with Crippen LogP contribution in [0.2, 0.25) is 0 Å². The molecule has 0 saturated carbocycles. The van der Waals surface area contributed by atoms with E-state index in [1.165, 1.54) is 0 Å². The molecular formula is C20H26N6O2. The van der Waals surface area contributed by atoms with Crippen molar-refractivity contribution in [3.8, 4) is 0 Å². The predicted octanol–water partition coefficient (Wildman–Crippen LogP) is 2.50. The first-order chi connectivity index (χ1) is 13.5. The Kier molecular flexibility index (Phi) is 5.15. The van der Waals surface area contributed by atoms with Crippen molar-refractivity contribution in [1.82, 2.24) is 15.0 Å². The van der Waals surface area contributed by atoms with E-state index in [9.17, 15) is 10.2 Å². The van der Waals surface area contributed by atoms with E-state index < -0.39 is 0 Å². The van der Waals surface area contributed by atoms with Gasteiger partial charge in [-0.05, 0) is 44.7 Å². The zero-order chi connectivity index (χ0) is 19.7. The van der Waals surface area contributed by atoms with Gasteiger partial charge in [-0.25, -0.2) is 15.0 Å². The number of fused-ring (bicyclic) bond motifs is 1. The van der Waals surface area contributed by atoms with Gasteiger partial charge in [0, 0.05) is 18.3 Å². The second-order valence-electron chi connectivity index (χ2n) is 7.48. The molecule has 1 aliphatic carbocycles. The average Bonchev–Trinajstić information content (AvgIpc) is 3.07. The smallest absolute Gasteiger partial charge is 0.157 e. The summed E-state index contributed by atoms with van der Waals surface area (Å²) in [4.78, 5) is 15.6. The van der Waals surface area contributed by atoms with E-state index in [-0.39, 0.29) is 24.9 Å². The average molecular weight is 382 g/mol. The van der Waals surface area contributed by atoms with Crippen molar-refractivity contribution >= 4 is 28.6 Å². The standard InChI is InChI=1S/C20H26N6O2/c1-12(2)26-16-9-18(22-10-15(16)23-19(26)11-27)24-17-7-8-21-20(25-17)13-3-5-14(28)6-4-13/h3,7-10,12,14,19,23,27-28H,4-6,11H2,1-2H3,(H,21,22,24,25). The van der Waals surface area contributed by atoms with E-state index in [0.29, 0.717) is 23.9 Å². The van der Waals surface area contributed by atoms with Gasteiger partial charge in [0.1, 0.15) is 17.8 Å². The Morgan fingerprint density at radius 3 is 2.89 bits per heavy atom. The molecule has 0 aromatic carbocycles. The molecule has 0 saturated heterocycles. The van der Waals surface area contributed by atoms with Gasteiger partial charge in [-0.2, -0.15) is 0 Å². The fraction of sp³-hybridized carbons (Fsp3) is 0.450. The molecule has 8 nitrogen and oxygen atoms in total. The van der Waals surface area contributed by atoms with Crippen LogP contribution >= 0.6 is 0 Å². The zero-order valence-electron chi connectivity index (χ0n) is 16.1. The maximum absolute atomic E-state index is 9.67. The third-order valence-corrected chi connectivity index (χ3v) is 5.13. The lowest BCUT2D eigenvalue weighted by Crippen LogP contribution is -2.42. The van der Waals surface area contributed by atoms with Gasteiger partial charge >= 0.3 is 0 Å². The third-order valence-electron chi connectivity index (χ3n) is 5.13. The lowest BCUT2D eigenvalue weighted by molar-refractivity contribution is 0.166. The summed E-state index contributed by atoms with van der Waals surface area (Å²) >= 11 is 0. The largest absolute Gasteiger partial charge is 0.393 e. The Balaban J connectivity index is 1.56. The molecule has 2 aromatic rings. The first kappa shape index (κ1) is 18.6. The minimum absolute atomic E-state index is 0.0225. The van der Waals surface area contributed by atoms with Crippen molar-refractivity contribution in [1.29, 1.82) is 0 Å². The molecule has 4 N–H and O–H groups in total. The molecule has 0 amide bonds. The Labute approximate surface area is 164 Å². The van der Waals surface area contributed by atoms with E-state index in [1.54, 1.807) is 12.4 Å². The molecule has 0 spiro atoms. The van der Waals surface area contributed by atoms with Crippen LogP contribution in [0.5, 0.6) is 0 Å². The zero-order valence-corrected chi connectivity index (χ0v) is 16.1. The molecule has 2 unspecified atom stereocenters. The van der Waals surface area contributed by atoms with Crippen molar-refractivity contribution < 1.29 is 10.2 Å². The topological polar surface area (TPSA) is 106 Å². The van der Waals surface area contributed by atoms with Gasteiger partial charge < -0.3 is 25.7 Å². The molecule has 3 heterocycles. The molecule has 0 fully saturated rings. The van der Waals surface area contributed by atoms with Gasteiger partial charge in [0.05, 0.1) is 30.3 Å². The highest BCUT2D eigenvalue weighted by Crippen LogP contribution is 2.37. The molecule has 4 rings (SSSR count). The van der Waals surface area contributed by atoms with E-state index in [4.69, 9.17) is 0 Å². The molecule has 28 heavy (non-hydrogen) atoms. The summed E-state index contributed by atoms with van der Waals surface area (Å²) < 4.78 is 0. The minimum atomic E-state index is -0.263. The summed E-state index contributed by atoms with van der Waals surface area (Å²) in [6.45, 7) is 4.21. The number of nitrogens with one attached hydrogen (secondary N) is 2. The van der Waals surface area contributed by atoms with Crippen LogP contribution in [0.1, 0.15) is 38.9 Å². The quantitative estimate of drug-likeness (QED) is 0.625. The molecule has 2 atom stereocenters.